The van der Waals surface area contributed by atoms with Gasteiger partial charge >= 0.3 is 39.5 Å². The molecular formula is C76H148O17P2. The number of carbonyl (C=O) groups excluding carboxylic acids is 4. The molecule has 0 rings (SSSR count). The van der Waals surface area contributed by atoms with Gasteiger partial charge in [0, 0.05) is 25.7 Å². The third-order valence-corrected chi connectivity index (χ3v) is 19.8. The molecule has 17 nitrogen and oxygen atoms in total. The highest BCUT2D eigenvalue weighted by Crippen LogP contribution is 2.45. The summed E-state index contributed by atoms with van der Waals surface area (Å²) in [7, 11) is -9.91. The molecular weight excluding hydrogens is 1250 g/mol. The highest BCUT2D eigenvalue weighted by molar-refractivity contribution is 7.47. The lowest BCUT2D eigenvalue weighted by Gasteiger charge is -2.21. The van der Waals surface area contributed by atoms with Crippen LogP contribution in [0.25, 0.3) is 0 Å². The summed E-state index contributed by atoms with van der Waals surface area (Å²) in [6.45, 7) is 4.98. The first-order chi connectivity index (χ1) is 46.2. The van der Waals surface area contributed by atoms with Crippen molar-refractivity contribution in [1.29, 1.82) is 0 Å². The highest BCUT2D eigenvalue weighted by Gasteiger charge is 2.30. The van der Waals surface area contributed by atoms with E-state index in [-0.39, 0.29) is 25.7 Å². The van der Waals surface area contributed by atoms with Gasteiger partial charge in [0.1, 0.15) is 19.3 Å². The van der Waals surface area contributed by atoms with Gasteiger partial charge in [-0.25, -0.2) is 9.13 Å². The van der Waals surface area contributed by atoms with Crippen molar-refractivity contribution in [2.75, 3.05) is 39.6 Å². The first-order valence-electron chi connectivity index (χ1n) is 39.8. The fourth-order valence-electron chi connectivity index (χ4n) is 11.8. The Kier molecular flexibility index (Phi) is 69.1. The minimum Gasteiger partial charge on any atom is -0.462 e. The van der Waals surface area contributed by atoms with Crippen molar-refractivity contribution in [3.8, 4) is 0 Å². The number of aliphatic hydroxyl groups is 1. The summed E-state index contributed by atoms with van der Waals surface area (Å²) in [5, 5.41) is 10.6. The molecule has 0 aliphatic heterocycles. The van der Waals surface area contributed by atoms with E-state index in [1.807, 2.05) is 0 Å². The zero-order chi connectivity index (χ0) is 69.7. The van der Waals surface area contributed by atoms with E-state index >= 15 is 0 Å². The number of phosphoric ester groups is 2. The predicted octanol–water partition coefficient (Wildman–Crippen LogP) is 22.6. The zero-order valence-corrected chi connectivity index (χ0v) is 63.4. The lowest BCUT2D eigenvalue weighted by Crippen LogP contribution is -2.30. The van der Waals surface area contributed by atoms with Gasteiger partial charge < -0.3 is 33.8 Å². The standard InChI is InChI=1S/C76H148O17P2/c1-5-9-13-17-21-25-28-31-33-34-35-36-38-40-43-47-51-55-59-63-76(81)93-72(67-87-74(79)61-57-53-49-45-42-39-37-32-29-26-22-18-14-10-6-2)69-91-95(84,85)89-65-70(77)64-88-94(82,83)90-68-71(66-86-73(78)60-56-52-48-44-24-20-16-12-8-4)92-75(80)62-58-54-50-46-41-30-27-23-19-15-11-7-3/h70-72,77H,5-69H2,1-4H3,(H,82,83)(H,84,85)/t70-,71+,72+/m0/s1. The van der Waals surface area contributed by atoms with Gasteiger partial charge in [-0.1, -0.05) is 355 Å². The number of carbonyl (C=O) groups is 4. The molecule has 0 fully saturated rings. The van der Waals surface area contributed by atoms with Crippen molar-refractivity contribution in [1.82, 2.24) is 0 Å². The molecule has 0 aliphatic rings. The quantitative estimate of drug-likeness (QED) is 0.0222. The summed E-state index contributed by atoms with van der Waals surface area (Å²) in [5.74, 6) is -2.11. The Labute approximate surface area is 581 Å². The lowest BCUT2D eigenvalue weighted by molar-refractivity contribution is -0.161. The van der Waals surface area contributed by atoms with Crippen LogP contribution in [0.15, 0.2) is 0 Å². The second-order valence-corrected chi connectivity index (χ2v) is 30.3. The van der Waals surface area contributed by atoms with E-state index in [0.717, 1.165) is 89.9 Å². The van der Waals surface area contributed by atoms with Crippen LogP contribution in [0.4, 0.5) is 0 Å². The van der Waals surface area contributed by atoms with Gasteiger partial charge in [-0.05, 0) is 25.7 Å². The fraction of sp³-hybridized carbons (Fsp3) is 0.947. The minimum absolute atomic E-state index is 0.108. The molecule has 3 N–H and O–H groups in total. The first-order valence-corrected chi connectivity index (χ1v) is 42.8. The summed E-state index contributed by atoms with van der Waals surface area (Å²) in [6, 6.07) is 0. The van der Waals surface area contributed by atoms with Gasteiger partial charge in [0.15, 0.2) is 12.2 Å². The number of phosphoric acid groups is 2. The zero-order valence-electron chi connectivity index (χ0n) is 61.6. The molecule has 0 heterocycles. The maximum atomic E-state index is 13.1. The van der Waals surface area contributed by atoms with Crippen LogP contribution in [-0.4, -0.2) is 96.7 Å². The van der Waals surface area contributed by atoms with Crippen LogP contribution in [0.1, 0.15) is 407 Å². The molecule has 0 aromatic rings. The number of rotatable bonds is 77. The van der Waals surface area contributed by atoms with Gasteiger partial charge in [0.05, 0.1) is 26.4 Å². The van der Waals surface area contributed by atoms with Gasteiger partial charge in [0.25, 0.3) is 0 Å². The van der Waals surface area contributed by atoms with E-state index in [4.69, 9.17) is 37.0 Å². The normalized spacial score (nSPS) is 13.9. The van der Waals surface area contributed by atoms with Crippen LogP contribution >= 0.6 is 15.6 Å². The third kappa shape index (κ3) is 70.3. The highest BCUT2D eigenvalue weighted by atomic mass is 31.2. The van der Waals surface area contributed by atoms with Gasteiger partial charge in [-0.15, -0.1) is 0 Å². The molecule has 0 saturated heterocycles. The Morgan fingerprint density at radius 2 is 0.421 bits per heavy atom. The second-order valence-electron chi connectivity index (χ2n) is 27.4. The Morgan fingerprint density at radius 1 is 0.253 bits per heavy atom. The summed E-state index contributed by atoms with van der Waals surface area (Å²) < 4.78 is 68.5. The number of esters is 4. The molecule has 0 aliphatic carbocycles. The van der Waals surface area contributed by atoms with E-state index in [1.54, 1.807) is 0 Å². The van der Waals surface area contributed by atoms with Crippen molar-refractivity contribution in [2.24, 2.45) is 0 Å². The maximum absolute atomic E-state index is 13.1. The smallest absolute Gasteiger partial charge is 0.462 e. The Hall–Kier alpha value is -1.94. The van der Waals surface area contributed by atoms with Crippen LogP contribution in [0.3, 0.4) is 0 Å². The number of ether oxygens (including phenoxy) is 4. The molecule has 0 spiro atoms. The number of aliphatic hydroxyl groups excluding tert-OH is 1. The lowest BCUT2D eigenvalue weighted by atomic mass is 10.0. The molecule has 95 heavy (non-hydrogen) atoms. The maximum Gasteiger partial charge on any atom is 0.472 e. The summed E-state index contributed by atoms with van der Waals surface area (Å²) in [6.07, 6.45) is 61.0. The molecule has 5 atom stereocenters. The van der Waals surface area contributed by atoms with E-state index < -0.39 is 97.5 Å². The predicted molar refractivity (Wildman–Crippen MR) is 386 cm³/mol. The second kappa shape index (κ2) is 70.5. The largest absolute Gasteiger partial charge is 0.472 e. The molecule has 2 unspecified atom stereocenters. The average Bonchev–Trinajstić information content (AvgIpc) is 1.51. The minimum atomic E-state index is -4.96. The Morgan fingerprint density at radius 3 is 0.621 bits per heavy atom. The van der Waals surface area contributed by atoms with Crippen LogP contribution < -0.4 is 0 Å². The van der Waals surface area contributed by atoms with Gasteiger partial charge in [0.2, 0.25) is 0 Å². The fourth-order valence-corrected chi connectivity index (χ4v) is 13.3. The van der Waals surface area contributed by atoms with Crippen LogP contribution in [0.5, 0.6) is 0 Å². The van der Waals surface area contributed by atoms with E-state index in [2.05, 4.69) is 27.7 Å². The van der Waals surface area contributed by atoms with Crippen molar-refractivity contribution in [2.45, 2.75) is 425 Å². The molecule has 0 aromatic carbocycles. The van der Waals surface area contributed by atoms with Crippen molar-refractivity contribution in [3.63, 3.8) is 0 Å². The topological polar surface area (TPSA) is 237 Å². The molecule has 564 valence electrons. The third-order valence-electron chi connectivity index (χ3n) is 17.9. The van der Waals surface area contributed by atoms with Crippen molar-refractivity contribution < 1.29 is 80.2 Å². The molecule has 0 aromatic heterocycles. The van der Waals surface area contributed by atoms with E-state index in [1.165, 1.54) is 238 Å². The first kappa shape index (κ1) is 93.1. The number of hydrogen-bond donors (Lipinski definition) is 3. The molecule has 19 heteroatoms. The van der Waals surface area contributed by atoms with E-state index in [9.17, 15) is 43.2 Å². The molecule has 0 saturated carbocycles. The number of hydrogen-bond acceptors (Lipinski definition) is 15. The van der Waals surface area contributed by atoms with Gasteiger partial charge in [-0.2, -0.15) is 0 Å². The summed E-state index contributed by atoms with van der Waals surface area (Å²) in [5.41, 5.74) is 0. The Balaban J connectivity index is 5.21. The van der Waals surface area contributed by atoms with Crippen LogP contribution in [0, 0.1) is 0 Å². The molecule has 0 bridgehead atoms. The van der Waals surface area contributed by atoms with Crippen molar-refractivity contribution >= 4 is 39.5 Å². The SMILES string of the molecule is CCCCCCCCCCCCCCCCCCCCCC(=O)O[C@H](COC(=O)CCCCCCCCCCCCCCCCC)COP(=O)(O)OC[C@@H](O)COP(=O)(O)OC[C@@H](COC(=O)CCCCCCCCCCC)OC(=O)CCCCCCCCCCCCCC. The monoisotopic (exact) mass is 1400 g/mol. The van der Waals surface area contributed by atoms with E-state index in [0.29, 0.717) is 25.7 Å². The average molecular weight is 1400 g/mol. The van der Waals surface area contributed by atoms with Gasteiger partial charge in [-0.3, -0.25) is 37.3 Å². The molecule has 0 radical (unpaired) electrons. The number of unbranched alkanes of at least 4 members (excludes halogenated alkanes) is 51. The molecule has 0 amide bonds. The van der Waals surface area contributed by atoms with Crippen LogP contribution in [0.2, 0.25) is 0 Å². The van der Waals surface area contributed by atoms with Crippen molar-refractivity contribution in [3.05, 3.63) is 0 Å². The summed E-state index contributed by atoms with van der Waals surface area (Å²) in [4.78, 5) is 72.7. The summed E-state index contributed by atoms with van der Waals surface area (Å²) >= 11 is 0. The van der Waals surface area contributed by atoms with Crippen LogP contribution in [-0.2, 0) is 65.4 Å². The Bertz CT molecular complexity index is 1810.